The molecule has 0 saturated heterocycles. The molecule has 3 aromatic rings. The molecule has 1 N–H and O–H groups in total. The predicted molar refractivity (Wildman–Crippen MR) is 87.8 cm³/mol. The summed E-state index contributed by atoms with van der Waals surface area (Å²) >= 11 is 0. The van der Waals surface area contributed by atoms with Gasteiger partial charge in [-0.3, -0.25) is 4.79 Å². The Balaban J connectivity index is 1.59. The minimum Gasteiger partial charge on any atom is -0.441 e. The molecule has 122 valence electrons. The van der Waals surface area contributed by atoms with Crippen LogP contribution in [0, 0.1) is 12.7 Å². The van der Waals surface area contributed by atoms with E-state index in [-0.39, 0.29) is 18.1 Å². The van der Waals surface area contributed by atoms with Crippen molar-refractivity contribution < 1.29 is 13.6 Å². The third kappa shape index (κ3) is 3.84. The van der Waals surface area contributed by atoms with Crippen LogP contribution < -0.4 is 5.32 Å². The van der Waals surface area contributed by atoms with Gasteiger partial charge in [0.1, 0.15) is 11.6 Å². The lowest BCUT2D eigenvalue weighted by molar-refractivity contribution is -0.116. The van der Waals surface area contributed by atoms with Crippen molar-refractivity contribution in [1.82, 2.24) is 9.97 Å². The molecule has 0 aliphatic rings. The van der Waals surface area contributed by atoms with Crippen LogP contribution in [0.3, 0.4) is 0 Å². The van der Waals surface area contributed by atoms with Crippen LogP contribution >= 0.6 is 0 Å². The number of benzene rings is 1. The fraction of sp³-hybridized carbons (Fsp3) is 0.167. The predicted octanol–water partition coefficient (Wildman–Crippen LogP) is 3.76. The molecule has 0 radical (unpaired) electrons. The van der Waals surface area contributed by atoms with Crippen molar-refractivity contribution in [2.45, 2.75) is 19.8 Å². The van der Waals surface area contributed by atoms with E-state index < -0.39 is 0 Å². The van der Waals surface area contributed by atoms with E-state index in [1.165, 1.54) is 12.3 Å². The first kappa shape index (κ1) is 15.9. The van der Waals surface area contributed by atoms with Gasteiger partial charge in [-0.2, -0.15) is 0 Å². The summed E-state index contributed by atoms with van der Waals surface area (Å²) in [5.74, 6) is 0.700. The standard InChI is InChI=1S/C18H16FN3O2/c1-12-8-9-20-16(10-12)22-17(23)6-7-18-21-11-15(24-18)13-4-2-3-5-14(13)19/h2-5,8-11H,6-7H2,1H3,(H,20,22,23). The molecule has 0 atom stereocenters. The van der Waals surface area contributed by atoms with Crippen LogP contribution in [0.15, 0.2) is 53.2 Å². The summed E-state index contributed by atoms with van der Waals surface area (Å²) in [5.41, 5.74) is 1.37. The normalized spacial score (nSPS) is 10.6. The topological polar surface area (TPSA) is 68.0 Å². The molecule has 0 aliphatic carbocycles. The molecule has 2 heterocycles. The van der Waals surface area contributed by atoms with Crippen molar-refractivity contribution in [2.24, 2.45) is 0 Å². The molecule has 0 aliphatic heterocycles. The van der Waals surface area contributed by atoms with Crippen molar-refractivity contribution in [3.63, 3.8) is 0 Å². The first-order valence-electron chi connectivity index (χ1n) is 7.54. The molecular formula is C18H16FN3O2. The number of rotatable bonds is 5. The number of pyridine rings is 1. The summed E-state index contributed by atoms with van der Waals surface area (Å²) in [6.07, 6.45) is 3.63. The van der Waals surface area contributed by atoms with Gasteiger partial charge in [-0.15, -0.1) is 0 Å². The highest BCUT2D eigenvalue weighted by Gasteiger charge is 2.12. The molecule has 5 nitrogen and oxygen atoms in total. The number of hydrogen-bond donors (Lipinski definition) is 1. The Kier molecular flexibility index (Phi) is 4.65. The minimum absolute atomic E-state index is 0.182. The lowest BCUT2D eigenvalue weighted by Crippen LogP contribution is -2.13. The molecule has 24 heavy (non-hydrogen) atoms. The number of anilines is 1. The van der Waals surface area contributed by atoms with E-state index in [4.69, 9.17) is 4.42 Å². The Morgan fingerprint density at radius 1 is 1.25 bits per heavy atom. The lowest BCUT2D eigenvalue weighted by Gasteiger charge is -2.03. The monoisotopic (exact) mass is 325 g/mol. The van der Waals surface area contributed by atoms with E-state index in [1.807, 2.05) is 13.0 Å². The van der Waals surface area contributed by atoms with Crippen LogP contribution in [0.1, 0.15) is 17.9 Å². The second kappa shape index (κ2) is 7.04. The molecule has 0 saturated carbocycles. The number of aromatic nitrogens is 2. The number of oxazole rings is 1. The van der Waals surface area contributed by atoms with Crippen molar-refractivity contribution in [3.05, 3.63) is 66.1 Å². The van der Waals surface area contributed by atoms with Crippen LogP contribution in [0.4, 0.5) is 10.2 Å². The van der Waals surface area contributed by atoms with Crippen LogP contribution in [-0.2, 0) is 11.2 Å². The Labute approximate surface area is 138 Å². The van der Waals surface area contributed by atoms with Crippen molar-refractivity contribution in [1.29, 1.82) is 0 Å². The summed E-state index contributed by atoms with van der Waals surface area (Å²) < 4.78 is 19.2. The molecular weight excluding hydrogens is 309 g/mol. The van der Waals surface area contributed by atoms with Gasteiger partial charge in [0.25, 0.3) is 0 Å². The zero-order valence-corrected chi connectivity index (χ0v) is 13.1. The SMILES string of the molecule is Cc1ccnc(NC(=O)CCc2ncc(-c3ccccc3F)o2)c1. The number of aryl methyl sites for hydroxylation is 2. The van der Waals surface area contributed by atoms with Crippen molar-refractivity contribution in [3.8, 4) is 11.3 Å². The number of nitrogens with one attached hydrogen (secondary N) is 1. The van der Waals surface area contributed by atoms with Gasteiger partial charge in [0, 0.05) is 19.0 Å². The van der Waals surface area contributed by atoms with E-state index in [1.54, 1.807) is 30.5 Å². The fourth-order valence-corrected chi connectivity index (χ4v) is 2.24. The first-order chi connectivity index (χ1) is 11.6. The van der Waals surface area contributed by atoms with Crippen LogP contribution in [0.5, 0.6) is 0 Å². The highest BCUT2D eigenvalue weighted by Crippen LogP contribution is 2.23. The molecule has 0 spiro atoms. The Hall–Kier alpha value is -3.02. The third-order valence-corrected chi connectivity index (χ3v) is 3.44. The second-order valence-corrected chi connectivity index (χ2v) is 5.36. The smallest absolute Gasteiger partial charge is 0.226 e. The number of carbonyl (C=O) groups is 1. The maximum absolute atomic E-state index is 13.7. The van der Waals surface area contributed by atoms with Gasteiger partial charge in [-0.05, 0) is 36.8 Å². The van der Waals surface area contributed by atoms with Crippen molar-refractivity contribution >= 4 is 11.7 Å². The Morgan fingerprint density at radius 3 is 2.88 bits per heavy atom. The number of amides is 1. The highest BCUT2D eigenvalue weighted by atomic mass is 19.1. The zero-order valence-electron chi connectivity index (χ0n) is 13.1. The maximum Gasteiger partial charge on any atom is 0.226 e. The number of hydrogen-bond acceptors (Lipinski definition) is 4. The summed E-state index contributed by atoms with van der Waals surface area (Å²) in [7, 11) is 0. The van der Waals surface area contributed by atoms with E-state index in [0.29, 0.717) is 29.5 Å². The summed E-state index contributed by atoms with van der Waals surface area (Å²) in [6.45, 7) is 1.92. The minimum atomic E-state index is -0.372. The molecule has 2 aromatic heterocycles. The Bertz CT molecular complexity index is 861. The number of halogens is 1. The molecule has 0 unspecified atom stereocenters. The quantitative estimate of drug-likeness (QED) is 0.775. The van der Waals surface area contributed by atoms with Crippen LogP contribution in [0.2, 0.25) is 0 Å². The van der Waals surface area contributed by atoms with Gasteiger partial charge >= 0.3 is 0 Å². The second-order valence-electron chi connectivity index (χ2n) is 5.36. The molecule has 3 rings (SSSR count). The van der Waals surface area contributed by atoms with Gasteiger partial charge in [-0.1, -0.05) is 12.1 Å². The maximum atomic E-state index is 13.7. The largest absolute Gasteiger partial charge is 0.441 e. The van der Waals surface area contributed by atoms with Gasteiger partial charge in [0.2, 0.25) is 5.91 Å². The lowest BCUT2D eigenvalue weighted by atomic mass is 10.2. The van der Waals surface area contributed by atoms with Gasteiger partial charge < -0.3 is 9.73 Å². The summed E-state index contributed by atoms with van der Waals surface area (Å²) in [5, 5.41) is 2.72. The Morgan fingerprint density at radius 2 is 2.08 bits per heavy atom. The van der Waals surface area contributed by atoms with Gasteiger partial charge in [0.05, 0.1) is 11.8 Å². The van der Waals surface area contributed by atoms with Gasteiger partial charge in [-0.25, -0.2) is 14.4 Å². The molecule has 1 aromatic carbocycles. The summed E-state index contributed by atoms with van der Waals surface area (Å²) in [6, 6.07) is 9.96. The van der Waals surface area contributed by atoms with Crippen LogP contribution in [-0.4, -0.2) is 15.9 Å². The number of nitrogens with zero attached hydrogens (tertiary/aromatic N) is 2. The molecule has 6 heteroatoms. The average Bonchev–Trinajstić information content (AvgIpc) is 3.02. The average molecular weight is 325 g/mol. The summed E-state index contributed by atoms with van der Waals surface area (Å²) in [4.78, 5) is 20.1. The van der Waals surface area contributed by atoms with E-state index in [2.05, 4.69) is 15.3 Å². The first-order valence-corrected chi connectivity index (χ1v) is 7.54. The van der Waals surface area contributed by atoms with E-state index in [9.17, 15) is 9.18 Å². The molecule has 1 amide bonds. The fourth-order valence-electron chi connectivity index (χ4n) is 2.24. The van der Waals surface area contributed by atoms with Crippen molar-refractivity contribution in [2.75, 3.05) is 5.32 Å². The van der Waals surface area contributed by atoms with Gasteiger partial charge in [0.15, 0.2) is 11.7 Å². The van der Waals surface area contributed by atoms with E-state index in [0.717, 1.165) is 5.56 Å². The zero-order chi connectivity index (χ0) is 16.9. The number of carbonyl (C=O) groups excluding carboxylic acids is 1. The van der Waals surface area contributed by atoms with E-state index >= 15 is 0 Å². The van der Waals surface area contributed by atoms with Crippen LogP contribution in [0.25, 0.3) is 11.3 Å². The molecule has 0 fully saturated rings. The molecule has 0 bridgehead atoms. The highest BCUT2D eigenvalue weighted by molar-refractivity contribution is 5.89. The third-order valence-electron chi connectivity index (χ3n) is 3.44.